The molecule has 1 nitrogen and oxygen atoms in total. The fourth-order valence-electron chi connectivity index (χ4n) is 1.85. The van der Waals surface area contributed by atoms with Crippen LogP contribution in [0.4, 0.5) is 0 Å². The molecular weight excluding hydrogens is 218 g/mol. The lowest BCUT2D eigenvalue weighted by molar-refractivity contribution is 0.253. The lowest BCUT2D eigenvalue weighted by Crippen LogP contribution is -2.30. The van der Waals surface area contributed by atoms with Gasteiger partial charge in [-0.2, -0.15) is 0 Å². The van der Waals surface area contributed by atoms with Gasteiger partial charge in [0.25, 0.3) is 0 Å². The molecule has 1 atom stereocenters. The largest absolute Gasteiger partial charge is 0.316 e. The molecule has 1 aromatic carbocycles. The first-order chi connectivity index (χ1) is 8.50. The molecule has 0 spiro atoms. The number of rotatable bonds is 7. The van der Waals surface area contributed by atoms with Crippen molar-refractivity contribution in [2.75, 3.05) is 13.1 Å². The van der Waals surface area contributed by atoms with Crippen LogP contribution in [0.25, 0.3) is 0 Å². The van der Waals surface area contributed by atoms with Crippen LogP contribution in [0.2, 0.25) is 0 Å². The molecule has 0 aliphatic heterocycles. The average molecular weight is 247 g/mol. The third kappa shape index (κ3) is 6.20. The van der Waals surface area contributed by atoms with E-state index in [2.05, 4.69) is 63.3 Å². The first kappa shape index (κ1) is 15.2. The maximum Gasteiger partial charge on any atom is -0.00182 e. The molecule has 1 heteroatoms. The standard InChI is InChI=1S/C17H29N/c1-15(17(2,3)4)14-18-13-9-8-12-16-10-6-5-7-11-16/h5-7,10-11,15,18H,8-9,12-14H2,1-4H3. The van der Waals surface area contributed by atoms with Crippen molar-refractivity contribution in [3.63, 3.8) is 0 Å². The maximum atomic E-state index is 3.58. The van der Waals surface area contributed by atoms with E-state index in [9.17, 15) is 0 Å². The van der Waals surface area contributed by atoms with Crippen LogP contribution in [0.3, 0.4) is 0 Å². The number of unbranched alkanes of at least 4 members (excludes halogenated alkanes) is 1. The summed E-state index contributed by atoms with van der Waals surface area (Å²) in [7, 11) is 0. The molecule has 0 radical (unpaired) electrons. The summed E-state index contributed by atoms with van der Waals surface area (Å²) in [4.78, 5) is 0. The van der Waals surface area contributed by atoms with E-state index in [1.807, 2.05) is 0 Å². The quantitative estimate of drug-likeness (QED) is 0.709. The van der Waals surface area contributed by atoms with E-state index in [-0.39, 0.29) is 0 Å². The normalized spacial score (nSPS) is 13.6. The van der Waals surface area contributed by atoms with Gasteiger partial charge in [0.1, 0.15) is 0 Å². The van der Waals surface area contributed by atoms with Crippen LogP contribution in [-0.4, -0.2) is 13.1 Å². The minimum absolute atomic E-state index is 0.414. The van der Waals surface area contributed by atoms with Gasteiger partial charge < -0.3 is 5.32 Å². The molecule has 102 valence electrons. The molecule has 0 bridgehead atoms. The molecule has 0 aromatic heterocycles. The van der Waals surface area contributed by atoms with Crippen molar-refractivity contribution in [2.45, 2.75) is 47.0 Å². The maximum absolute atomic E-state index is 3.58. The molecule has 0 aliphatic carbocycles. The summed E-state index contributed by atoms with van der Waals surface area (Å²) in [6, 6.07) is 10.8. The molecule has 0 saturated carbocycles. The SMILES string of the molecule is CC(CNCCCCc1ccccc1)C(C)(C)C. The molecule has 18 heavy (non-hydrogen) atoms. The van der Waals surface area contributed by atoms with Gasteiger partial charge in [-0.05, 0) is 49.2 Å². The van der Waals surface area contributed by atoms with Crippen molar-refractivity contribution in [2.24, 2.45) is 11.3 Å². The Hall–Kier alpha value is -0.820. The van der Waals surface area contributed by atoms with Gasteiger partial charge in [0.05, 0.1) is 0 Å². The van der Waals surface area contributed by atoms with Gasteiger partial charge >= 0.3 is 0 Å². The summed E-state index contributed by atoms with van der Waals surface area (Å²) >= 11 is 0. The van der Waals surface area contributed by atoms with E-state index >= 15 is 0 Å². The highest BCUT2D eigenvalue weighted by Gasteiger charge is 2.18. The van der Waals surface area contributed by atoms with Crippen molar-refractivity contribution >= 4 is 0 Å². The van der Waals surface area contributed by atoms with Gasteiger partial charge in [0.15, 0.2) is 0 Å². The Kier molecular flexibility index (Phi) is 6.42. The fourth-order valence-corrected chi connectivity index (χ4v) is 1.85. The highest BCUT2D eigenvalue weighted by molar-refractivity contribution is 5.14. The molecule has 0 heterocycles. The first-order valence-corrected chi connectivity index (χ1v) is 7.25. The third-order valence-corrected chi connectivity index (χ3v) is 3.84. The van der Waals surface area contributed by atoms with E-state index in [0.29, 0.717) is 5.41 Å². The second-order valence-corrected chi connectivity index (χ2v) is 6.41. The van der Waals surface area contributed by atoms with Gasteiger partial charge in [0, 0.05) is 0 Å². The van der Waals surface area contributed by atoms with E-state index in [4.69, 9.17) is 0 Å². The molecule has 1 aromatic rings. The zero-order valence-corrected chi connectivity index (χ0v) is 12.5. The molecule has 1 rings (SSSR count). The van der Waals surface area contributed by atoms with Crippen molar-refractivity contribution in [3.8, 4) is 0 Å². The van der Waals surface area contributed by atoms with E-state index in [1.165, 1.54) is 24.8 Å². The Morgan fingerprint density at radius 3 is 2.33 bits per heavy atom. The monoisotopic (exact) mass is 247 g/mol. The molecule has 0 aliphatic rings. The van der Waals surface area contributed by atoms with E-state index < -0.39 is 0 Å². The Morgan fingerprint density at radius 2 is 1.72 bits per heavy atom. The zero-order chi connectivity index (χ0) is 13.4. The highest BCUT2D eigenvalue weighted by atomic mass is 14.9. The first-order valence-electron chi connectivity index (χ1n) is 7.25. The summed E-state index contributed by atoms with van der Waals surface area (Å²) < 4.78 is 0. The summed E-state index contributed by atoms with van der Waals surface area (Å²) in [6.45, 7) is 11.6. The topological polar surface area (TPSA) is 12.0 Å². The molecule has 1 N–H and O–H groups in total. The second kappa shape index (κ2) is 7.58. The van der Waals surface area contributed by atoms with Gasteiger partial charge in [-0.15, -0.1) is 0 Å². The average Bonchev–Trinajstić information content (AvgIpc) is 2.33. The van der Waals surface area contributed by atoms with Crippen molar-refractivity contribution in [1.82, 2.24) is 5.32 Å². The van der Waals surface area contributed by atoms with Crippen molar-refractivity contribution < 1.29 is 0 Å². The lowest BCUT2D eigenvalue weighted by Gasteiger charge is -2.27. The third-order valence-electron chi connectivity index (χ3n) is 3.84. The van der Waals surface area contributed by atoms with Crippen LogP contribution in [0.5, 0.6) is 0 Å². The van der Waals surface area contributed by atoms with Crippen LogP contribution < -0.4 is 5.32 Å². The fraction of sp³-hybridized carbons (Fsp3) is 0.647. The van der Waals surface area contributed by atoms with E-state index in [0.717, 1.165) is 19.0 Å². The molecular formula is C17H29N. The predicted octanol–water partition coefficient (Wildman–Crippen LogP) is 4.28. The molecule has 0 fully saturated rings. The summed E-state index contributed by atoms with van der Waals surface area (Å²) in [5, 5.41) is 3.58. The van der Waals surface area contributed by atoms with Gasteiger partial charge in [-0.25, -0.2) is 0 Å². The Labute approximate surface area is 113 Å². The van der Waals surface area contributed by atoms with Crippen LogP contribution in [0.15, 0.2) is 30.3 Å². The van der Waals surface area contributed by atoms with Crippen LogP contribution in [0, 0.1) is 11.3 Å². The zero-order valence-electron chi connectivity index (χ0n) is 12.5. The summed E-state index contributed by atoms with van der Waals surface area (Å²) in [5.41, 5.74) is 1.87. The van der Waals surface area contributed by atoms with Crippen molar-refractivity contribution in [3.05, 3.63) is 35.9 Å². The minimum Gasteiger partial charge on any atom is -0.316 e. The minimum atomic E-state index is 0.414. The predicted molar refractivity (Wildman–Crippen MR) is 80.9 cm³/mol. The summed E-state index contributed by atoms with van der Waals surface area (Å²) in [6.07, 6.45) is 3.75. The molecule has 0 saturated heterocycles. The highest BCUT2D eigenvalue weighted by Crippen LogP contribution is 2.24. The van der Waals surface area contributed by atoms with E-state index in [1.54, 1.807) is 0 Å². The Morgan fingerprint density at radius 1 is 1.06 bits per heavy atom. The smallest absolute Gasteiger partial charge is 0.00182 e. The number of hydrogen-bond donors (Lipinski definition) is 1. The van der Waals surface area contributed by atoms with Crippen LogP contribution in [0.1, 0.15) is 46.1 Å². The van der Waals surface area contributed by atoms with Crippen molar-refractivity contribution in [1.29, 1.82) is 0 Å². The number of benzene rings is 1. The molecule has 1 unspecified atom stereocenters. The molecule has 0 amide bonds. The van der Waals surface area contributed by atoms with Crippen LogP contribution >= 0.6 is 0 Å². The summed E-state index contributed by atoms with van der Waals surface area (Å²) in [5.74, 6) is 0.728. The Balaban J connectivity index is 2.03. The number of nitrogens with one attached hydrogen (secondary N) is 1. The second-order valence-electron chi connectivity index (χ2n) is 6.41. The Bertz CT molecular complexity index is 310. The van der Waals surface area contributed by atoms with Gasteiger partial charge in [-0.3, -0.25) is 0 Å². The number of aryl methyl sites for hydroxylation is 1. The van der Waals surface area contributed by atoms with Gasteiger partial charge in [0.2, 0.25) is 0 Å². The number of hydrogen-bond acceptors (Lipinski definition) is 1. The lowest BCUT2D eigenvalue weighted by atomic mass is 9.82. The van der Waals surface area contributed by atoms with Crippen LogP contribution in [-0.2, 0) is 6.42 Å². The van der Waals surface area contributed by atoms with Gasteiger partial charge in [-0.1, -0.05) is 58.0 Å².